The van der Waals surface area contributed by atoms with E-state index in [2.05, 4.69) is 67.5 Å². The molecule has 0 saturated heterocycles. The van der Waals surface area contributed by atoms with Crippen LogP contribution in [0.25, 0.3) is 0 Å². The van der Waals surface area contributed by atoms with E-state index in [0.29, 0.717) is 0 Å². The maximum atomic E-state index is 2.49. The monoisotopic (exact) mass is 380 g/mol. The molecule has 0 spiro atoms. The zero-order valence-corrected chi connectivity index (χ0v) is 19.9. The molecule has 0 aliphatic heterocycles. The summed E-state index contributed by atoms with van der Waals surface area (Å²) in [4.78, 5) is 0. The van der Waals surface area contributed by atoms with Gasteiger partial charge in [0, 0.05) is 0 Å². The van der Waals surface area contributed by atoms with E-state index in [0.717, 1.165) is 35.5 Å². The minimum absolute atomic E-state index is 0.748. The van der Waals surface area contributed by atoms with Gasteiger partial charge in [-0.25, -0.2) is 0 Å². The maximum absolute atomic E-state index is 2.49. The van der Waals surface area contributed by atoms with E-state index in [1.54, 1.807) is 33.4 Å². The lowest BCUT2D eigenvalue weighted by atomic mass is 9.89. The average Bonchev–Trinajstić information content (AvgIpc) is 3.32. The third-order valence-electron chi connectivity index (χ3n) is 7.81. The first-order chi connectivity index (χ1) is 13.2. The molecule has 0 aromatic carbocycles. The summed E-state index contributed by atoms with van der Waals surface area (Å²) in [6.07, 6.45) is 13.0. The highest BCUT2D eigenvalue weighted by Gasteiger charge is 2.30. The van der Waals surface area contributed by atoms with Crippen LogP contribution in [0.4, 0.5) is 0 Å². The number of rotatable bonds is 4. The fraction of sp³-hybridized carbons (Fsp3) is 0.714. The van der Waals surface area contributed by atoms with Crippen LogP contribution in [0.3, 0.4) is 0 Å². The molecular formula is C28H44. The summed E-state index contributed by atoms with van der Waals surface area (Å²) in [5.74, 6) is 5.08. The van der Waals surface area contributed by atoms with Gasteiger partial charge < -0.3 is 0 Å². The molecule has 0 heteroatoms. The summed E-state index contributed by atoms with van der Waals surface area (Å²) < 4.78 is 0. The van der Waals surface area contributed by atoms with Crippen molar-refractivity contribution < 1.29 is 0 Å². The van der Waals surface area contributed by atoms with E-state index in [1.807, 2.05) is 0 Å². The Morgan fingerprint density at radius 3 is 1.18 bits per heavy atom. The van der Waals surface area contributed by atoms with Crippen LogP contribution in [0.15, 0.2) is 45.6 Å². The molecule has 0 radical (unpaired) electrons. The molecule has 4 aliphatic rings. The SMILES string of the molecule is CC(C)C1=CC2=C(C1)CC(C(C)C)C2.CC(C)C1=CC2=C(C1)CC(C(C)C)C2. The zero-order valence-electron chi connectivity index (χ0n) is 19.9. The van der Waals surface area contributed by atoms with E-state index in [1.165, 1.54) is 38.5 Å². The van der Waals surface area contributed by atoms with Crippen LogP contribution in [0, 0.1) is 35.5 Å². The average molecular weight is 381 g/mol. The quantitative estimate of drug-likeness (QED) is 0.457. The van der Waals surface area contributed by atoms with Gasteiger partial charge in [0.05, 0.1) is 0 Å². The second kappa shape index (κ2) is 8.76. The van der Waals surface area contributed by atoms with Crippen LogP contribution in [0.1, 0.15) is 93.9 Å². The molecule has 0 amide bonds. The molecule has 2 atom stereocenters. The lowest BCUT2D eigenvalue weighted by Gasteiger charge is -2.16. The normalized spacial score (nSPS) is 26.4. The minimum atomic E-state index is 0.748. The molecule has 28 heavy (non-hydrogen) atoms. The van der Waals surface area contributed by atoms with E-state index in [-0.39, 0.29) is 0 Å². The number of hydrogen-bond acceptors (Lipinski definition) is 0. The van der Waals surface area contributed by atoms with Crippen LogP contribution in [-0.2, 0) is 0 Å². The predicted molar refractivity (Wildman–Crippen MR) is 124 cm³/mol. The van der Waals surface area contributed by atoms with Crippen molar-refractivity contribution in [1.82, 2.24) is 0 Å². The topological polar surface area (TPSA) is 0 Å². The first-order valence-electron chi connectivity index (χ1n) is 12.0. The molecule has 0 nitrogen and oxygen atoms in total. The van der Waals surface area contributed by atoms with Gasteiger partial charge in [0.1, 0.15) is 0 Å². The van der Waals surface area contributed by atoms with Crippen molar-refractivity contribution >= 4 is 0 Å². The standard InChI is InChI=1S/2C14H22/c2*1-9(2)11-5-13-7-12(10(3)4)8-14(13)6-11/h2*5,9-10,12H,6-8H2,1-4H3. The Hall–Kier alpha value is -1.04. The molecule has 2 unspecified atom stereocenters. The molecular weight excluding hydrogens is 336 g/mol. The molecule has 0 saturated carbocycles. The highest BCUT2D eigenvalue weighted by atomic mass is 14.4. The largest absolute Gasteiger partial charge is 0.0633 e. The predicted octanol–water partition coefficient (Wildman–Crippen LogP) is 8.67. The summed E-state index contributed by atoms with van der Waals surface area (Å²) in [5.41, 5.74) is 10.2. The van der Waals surface area contributed by atoms with Crippen molar-refractivity contribution in [3.63, 3.8) is 0 Å². The summed E-state index contributed by atoms with van der Waals surface area (Å²) in [6.45, 7) is 18.7. The van der Waals surface area contributed by atoms with Crippen molar-refractivity contribution in [3.05, 3.63) is 45.6 Å². The summed E-state index contributed by atoms with van der Waals surface area (Å²) >= 11 is 0. The zero-order chi connectivity index (χ0) is 20.6. The third-order valence-corrected chi connectivity index (χ3v) is 7.81. The van der Waals surface area contributed by atoms with E-state index in [9.17, 15) is 0 Å². The second-order valence-electron chi connectivity index (χ2n) is 11.2. The first-order valence-corrected chi connectivity index (χ1v) is 12.0. The Bertz CT molecular complexity index is 640. The maximum Gasteiger partial charge on any atom is -0.00967 e. The van der Waals surface area contributed by atoms with Crippen LogP contribution in [-0.4, -0.2) is 0 Å². The lowest BCUT2D eigenvalue weighted by molar-refractivity contribution is 0.399. The summed E-state index contributed by atoms with van der Waals surface area (Å²) in [7, 11) is 0. The molecule has 156 valence electrons. The molecule has 4 rings (SSSR count). The van der Waals surface area contributed by atoms with Crippen molar-refractivity contribution in [2.45, 2.75) is 93.9 Å². The van der Waals surface area contributed by atoms with Gasteiger partial charge >= 0.3 is 0 Å². The number of hydrogen-bond donors (Lipinski definition) is 0. The highest BCUT2D eigenvalue weighted by molar-refractivity contribution is 5.44. The number of allylic oxidation sites excluding steroid dienone is 8. The Labute approximate surface area is 175 Å². The molecule has 4 aliphatic carbocycles. The second-order valence-corrected chi connectivity index (χ2v) is 11.2. The molecule has 0 N–H and O–H groups in total. The fourth-order valence-electron chi connectivity index (χ4n) is 5.31. The van der Waals surface area contributed by atoms with Gasteiger partial charge in [-0.15, -0.1) is 0 Å². The van der Waals surface area contributed by atoms with Gasteiger partial charge in [-0.3, -0.25) is 0 Å². The van der Waals surface area contributed by atoms with E-state index >= 15 is 0 Å². The minimum Gasteiger partial charge on any atom is -0.0633 e. The molecule has 0 heterocycles. The van der Waals surface area contributed by atoms with Crippen LogP contribution in [0.5, 0.6) is 0 Å². The van der Waals surface area contributed by atoms with Crippen LogP contribution < -0.4 is 0 Å². The smallest absolute Gasteiger partial charge is 0.00967 e. The third kappa shape index (κ3) is 4.74. The van der Waals surface area contributed by atoms with Gasteiger partial charge in [-0.05, 0) is 85.2 Å². The van der Waals surface area contributed by atoms with Gasteiger partial charge in [0.15, 0.2) is 0 Å². The Morgan fingerprint density at radius 1 is 0.571 bits per heavy atom. The van der Waals surface area contributed by atoms with Crippen molar-refractivity contribution in [3.8, 4) is 0 Å². The Balaban J connectivity index is 0.000000161. The lowest BCUT2D eigenvalue weighted by Crippen LogP contribution is -2.05. The first kappa shape index (κ1) is 21.7. The van der Waals surface area contributed by atoms with Crippen molar-refractivity contribution in [2.24, 2.45) is 35.5 Å². The molecule has 0 aromatic rings. The molecule has 0 fully saturated rings. The summed E-state index contributed by atoms with van der Waals surface area (Å²) in [5, 5.41) is 0. The van der Waals surface area contributed by atoms with Gasteiger partial charge in [0.2, 0.25) is 0 Å². The fourth-order valence-corrected chi connectivity index (χ4v) is 5.31. The Kier molecular flexibility index (Phi) is 6.78. The highest BCUT2D eigenvalue weighted by Crippen LogP contribution is 2.45. The van der Waals surface area contributed by atoms with Gasteiger partial charge in [0.25, 0.3) is 0 Å². The van der Waals surface area contributed by atoms with Gasteiger partial charge in [-0.2, -0.15) is 0 Å². The molecule has 0 aromatic heterocycles. The van der Waals surface area contributed by atoms with Crippen LogP contribution >= 0.6 is 0 Å². The van der Waals surface area contributed by atoms with Gasteiger partial charge in [-0.1, -0.05) is 89.8 Å². The van der Waals surface area contributed by atoms with E-state index in [4.69, 9.17) is 0 Å². The van der Waals surface area contributed by atoms with E-state index < -0.39 is 0 Å². The molecule has 0 bridgehead atoms. The van der Waals surface area contributed by atoms with Crippen LogP contribution in [0.2, 0.25) is 0 Å². The summed E-state index contributed by atoms with van der Waals surface area (Å²) in [6, 6.07) is 0. The van der Waals surface area contributed by atoms with Crippen molar-refractivity contribution in [1.29, 1.82) is 0 Å². The Morgan fingerprint density at radius 2 is 0.929 bits per heavy atom. The van der Waals surface area contributed by atoms with Crippen molar-refractivity contribution in [2.75, 3.05) is 0 Å².